The maximum absolute atomic E-state index is 10.8. The van der Waals surface area contributed by atoms with E-state index >= 15 is 0 Å². The Morgan fingerprint density at radius 3 is 2.72 bits per heavy atom. The van der Waals surface area contributed by atoms with Crippen molar-refractivity contribution in [1.82, 2.24) is 4.90 Å². The van der Waals surface area contributed by atoms with E-state index in [2.05, 4.69) is 18.7 Å². The lowest BCUT2D eigenvalue weighted by molar-refractivity contribution is -0.138. The van der Waals surface area contributed by atoms with Gasteiger partial charge >= 0.3 is 5.97 Å². The summed E-state index contributed by atoms with van der Waals surface area (Å²) in [6.07, 6.45) is 6.62. The predicted octanol–water partition coefficient (Wildman–Crippen LogP) is 3.00. The molecule has 4 atom stereocenters. The molecule has 0 aromatic heterocycles. The Bertz CT molecular complexity index is 292. The number of likely N-dealkylation sites (tertiary alicyclic amines) is 1. The second-order valence-electron chi connectivity index (χ2n) is 6.56. The molecule has 104 valence electrons. The lowest BCUT2D eigenvalue weighted by Crippen LogP contribution is -2.47. The smallest absolute Gasteiger partial charge is 0.303 e. The van der Waals surface area contributed by atoms with E-state index in [0.29, 0.717) is 18.4 Å². The van der Waals surface area contributed by atoms with Crippen molar-refractivity contribution < 1.29 is 9.90 Å². The van der Waals surface area contributed by atoms with Crippen LogP contribution in [0.4, 0.5) is 0 Å². The monoisotopic (exact) mass is 253 g/mol. The topological polar surface area (TPSA) is 40.5 Å². The molecule has 4 unspecified atom stereocenters. The van der Waals surface area contributed by atoms with Gasteiger partial charge in [-0.3, -0.25) is 9.69 Å². The first-order valence-electron chi connectivity index (χ1n) is 7.52. The van der Waals surface area contributed by atoms with Gasteiger partial charge in [0.1, 0.15) is 0 Å². The lowest BCUT2D eigenvalue weighted by atomic mass is 9.78. The fourth-order valence-corrected chi connectivity index (χ4v) is 4.00. The van der Waals surface area contributed by atoms with Crippen molar-refractivity contribution in [2.24, 2.45) is 17.8 Å². The molecule has 0 bridgehead atoms. The van der Waals surface area contributed by atoms with Gasteiger partial charge in [-0.2, -0.15) is 0 Å². The Labute approximate surface area is 111 Å². The van der Waals surface area contributed by atoms with Gasteiger partial charge in [0.05, 0.1) is 0 Å². The van der Waals surface area contributed by atoms with Crippen LogP contribution in [0.1, 0.15) is 52.4 Å². The van der Waals surface area contributed by atoms with Crippen LogP contribution in [-0.4, -0.2) is 35.1 Å². The van der Waals surface area contributed by atoms with Crippen molar-refractivity contribution in [3.8, 4) is 0 Å². The molecule has 18 heavy (non-hydrogen) atoms. The average Bonchev–Trinajstić information content (AvgIpc) is 2.28. The molecule has 1 aliphatic heterocycles. The normalized spacial score (nSPS) is 38.6. The van der Waals surface area contributed by atoms with Crippen LogP contribution in [0, 0.1) is 17.8 Å². The second kappa shape index (κ2) is 6.05. The van der Waals surface area contributed by atoms with Crippen molar-refractivity contribution in [3.05, 3.63) is 0 Å². The number of hydrogen-bond donors (Lipinski definition) is 1. The van der Waals surface area contributed by atoms with E-state index in [1.807, 2.05) is 0 Å². The van der Waals surface area contributed by atoms with Gasteiger partial charge in [0.2, 0.25) is 0 Å². The van der Waals surface area contributed by atoms with Crippen LogP contribution >= 0.6 is 0 Å². The van der Waals surface area contributed by atoms with Gasteiger partial charge in [-0.25, -0.2) is 0 Å². The number of carboxylic acids is 1. The van der Waals surface area contributed by atoms with Crippen LogP contribution in [0.3, 0.4) is 0 Å². The molecular formula is C15H27NO2. The third kappa shape index (κ3) is 3.47. The average molecular weight is 253 g/mol. The van der Waals surface area contributed by atoms with Gasteiger partial charge in [-0.15, -0.1) is 0 Å². The fraction of sp³-hybridized carbons (Fsp3) is 0.933. The van der Waals surface area contributed by atoms with Gasteiger partial charge in [0.15, 0.2) is 0 Å². The third-order valence-electron chi connectivity index (χ3n) is 4.87. The van der Waals surface area contributed by atoms with E-state index in [-0.39, 0.29) is 0 Å². The highest BCUT2D eigenvalue weighted by atomic mass is 16.4. The quantitative estimate of drug-likeness (QED) is 0.840. The summed E-state index contributed by atoms with van der Waals surface area (Å²) in [5.41, 5.74) is 0. The third-order valence-corrected chi connectivity index (χ3v) is 4.87. The van der Waals surface area contributed by atoms with E-state index in [9.17, 15) is 4.79 Å². The Hall–Kier alpha value is -0.570. The Balaban J connectivity index is 1.90. The van der Waals surface area contributed by atoms with Crippen molar-refractivity contribution in [3.63, 3.8) is 0 Å². The number of carboxylic acid groups (broad SMARTS) is 1. The Morgan fingerprint density at radius 2 is 2.06 bits per heavy atom. The van der Waals surface area contributed by atoms with Gasteiger partial charge in [-0.05, 0) is 56.4 Å². The van der Waals surface area contributed by atoms with Gasteiger partial charge in [0.25, 0.3) is 0 Å². The summed E-state index contributed by atoms with van der Waals surface area (Å²) in [7, 11) is 0. The molecule has 1 heterocycles. The molecule has 0 amide bonds. The maximum Gasteiger partial charge on any atom is 0.303 e. The molecule has 1 aliphatic carbocycles. The van der Waals surface area contributed by atoms with E-state index < -0.39 is 5.97 Å². The van der Waals surface area contributed by atoms with Gasteiger partial charge < -0.3 is 5.11 Å². The molecule has 0 aromatic carbocycles. The van der Waals surface area contributed by atoms with E-state index in [0.717, 1.165) is 24.8 Å². The van der Waals surface area contributed by atoms with Crippen molar-refractivity contribution >= 4 is 5.97 Å². The fourth-order valence-electron chi connectivity index (χ4n) is 4.00. The molecule has 1 saturated carbocycles. The number of nitrogens with zero attached hydrogens (tertiary/aromatic N) is 1. The second-order valence-corrected chi connectivity index (χ2v) is 6.56. The lowest BCUT2D eigenvalue weighted by Gasteiger charge is -2.44. The summed E-state index contributed by atoms with van der Waals surface area (Å²) in [6, 6.07) is 0.706. The summed E-state index contributed by atoms with van der Waals surface area (Å²) >= 11 is 0. The van der Waals surface area contributed by atoms with Crippen molar-refractivity contribution in [2.45, 2.75) is 58.4 Å². The summed E-state index contributed by atoms with van der Waals surface area (Å²) in [4.78, 5) is 13.4. The molecule has 1 saturated heterocycles. The van der Waals surface area contributed by atoms with Crippen molar-refractivity contribution in [2.75, 3.05) is 13.1 Å². The minimum atomic E-state index is -0.632. The Kier molecular flexibility index (Phi) is 4.66. The molecule has 2 aliphatic rings. The van der Waals surface area contributed by atoms with Crippen LogP contribution in [0.15, 0.2) is 0 Å². The minimum absolute atomic E-state index is 0.355. The number of aliphatic carboxylic acids is 1. The zero-order valence-electron chi connectivity index (χ0n) is 11.8. The van der Waals surface area contributed by atoms with E-state index in [1.54, 1.807) is 0 Å². The summed E-state index contributed by atoms with van der Waals surface area (Å²) in [5, 5.41) is 8.93. The van der Waals surface area contributed by atoms with Crippen molar-refractivity contribution in [1.29, 1.82) is 0 Å². The summed E-state index contributed by atoms with van der Waals surface area (Å²) in [5.74, 6) is 1.39. The molecule has 0 aromatic rings. The standard InChI is InChI=1S/C15H27NO2/c1-11-5-6-14(12(2)8-11)16-7-3-4-13(10-16)9-15(17)18/h11-14H,3-10H2,1-2H3,(H,17,18). The highest BCUT2D eigenvalue weighted by Gasteiger charge is 2.33. The maximum atomic E-state index is 10.8. The van der Waals surface area contributed by atoms with E-state index in [1.165, 1.54) is 32.2 Å². The first-order valence-corrected chi connectivity index (χ1v) is 7.52. The zero-order valence-corrected chi connectivity index (χ0v) is 11.8. The van der Waals surface area contributed by atoms with Crippen LogP contribution in [0.5, 0.6) is 0 Å². The molecule has 2 fully saturated rings. The molecule has 0 spiro atoms. The first kappa shape index (κ1) is 13.9. The highest BCUT2D eigenvalue weighted by Crippen LogP contribution is 2.34. The molecule has 0 radical (unpaired) electrons. The predicted molar refractivity (Wildman–Crippen MR) is 72.5 cm³/mol. The number of carbonyl (C=O) groups is 1. The Morgan fingerprint density at radius 1 is 1.28 bits per heavy atom. The minimum Gasteiger partial charge on any atom is -0.481 e. The van der Waals surface area contributed by atoms with Gasteiger partial charge in [0, 0.05) is 19.0 Å². The number of rotatable bonds is 3. The molecule has 1 N–H and O–H groups in total. The number of piperidine rings is 1. The van der Waals surface area contributed by atoms with Crippen LogP contribution < -0.4 is 0 Å². The van der Waals surface area contributed by atoms with Crippen LogP contribution in [-0.2, 0) is 4.79 Å². The van der Waals surface area contributed by atoms with Crippen LogP contribution in [0.2, 0.25) is 0 Å². The summed E-state index contributed by atoms with van der Waals surface area (Å²) < 4.78 is 0. The number of hydrogen-bond acceptors (Lipinski definition) is 2. The largest absolute Gasteiger partial charge is 0.481 e. The SMILES string of the molecule is CC1CCC(N2CCCC(CC(=O)O)C2)C(C)C1. The van der Waals surface area contributed by atoms with E-state index in [4.69, 9.17) is 5.11 Å². The molecule has 3 nitrogen and oxygen atoms in total. The zero-order chi connectivity index (χ0) is 13.1. The first-order chi connectivity index (χ1) is 8.56. The molecule has 2 rings (SSSR count). The highest BCUT2D eigenvalue weighted by molar-refractivity contribution is 5.67. The molecule has 3 heteroatoms. The van der Waals surface area contributed by atoms with Crippen LogP contribution in [0.25, 0.3) is 0 Å². The van der Waals surface area contributed by atoms with Gasteiger partial charge in [-0.1, -0.05) is 13.8 Å². The summed E-state index contributed by atoms with van der Waals surface area (Å²) in [6.45, 7) is 6.92. The molecular weight excluding hydrogens is 226 g/mol.